The lowest BCUT2D eigenvalue weighted by atomic mass is 10.2. The Morgan fingerprint density at radius 2 is 1.26 bits per heavy atom. The first-order valence-corrected chi connectivity index (χ1v) is 6.98. The Morgan fingerprint density at radius 1 is 0.852 bits per heavy atom. The summed E-state index contributed by atoms with van der Waals surface area (Å²) in [4.78, 5) is 23.1. The van der Waals surface area contributed by atoms with E-state index < -0.39 is 18.6 Å². The van der Waals surface area contributed by atoms with Gasteiger partial charge in [-0.05, 0) is 24.3 Å². The summed E-state index contributed by atoms with van der Waals surface area (Å²) in [6.07, 6.45) is -9.17. The number of halogens is 6. The molecule has 0 spiro atoms. The maximum Gasteiger partial charge on any atom is 0.513 e. The Morgan fingerprint density at radius 3 is 1.52 bits per heavy atom. The van der Waals surface area contributed by atoms with Crippen molar-refractivity contribution in [3.8, 4) is 0 Å². The van der Waals surface area contributed by atoms with Crippen LogP contribution in [0, 0.1) is 0 Å². The van der Waals surface area contributed by atoms with Crippen LogP contribution in [0.1, 0.15) is 0 Å². The summed E-state index contributed by atoms with van der Waals surface area (Å²) < 4.78 is 68.9. The molecule has 0 radical (unpaired) electrons. The number of isocyanates is 1. The van der Waals surface area contributed by atoms with Crippen LogP contribution in [0.5, 0.6) is 0 Å². The number of rotatable bonds is 2. The third-order valence-electron chi connectivity index (χ3n) is 2.65. The van der Waals surface area contributed by atoms with Crippen LogP contribution in [0.15, 0.2) is 65.7 Å². The summed E-state index contributed by atoms with van der Waals surface area (Å²) in [6.45, 7) is 0. The van der Waals surface area contributed by atoms with Gasteiger partial charge in [0.1, 0.15) is 0 Å². The molecule has 11 heteroatoms. The number of para-hydroxylation sites is 2. The molecule has 0 aliphatic carbocycles. The van der Waals surface area contributed by atoms with Gasteiger partial charge in [-0.1, -0.05) is 36.4 Å². The maximum atomic E-state index is 12.3. The first-order valence-electron chi connectivity index (χ1n) is 6.98. The lowest BCUT2D eigenvalue weighted by Crippen LogP contribution is -2.44. The van der Waals surface area contributed by atoms with Gasteiger partial charge in [-0.25, -0.2) is 14.9 Å². The van der Waals surface area contributed by atoms with Gasteiger partial charge < -0.3 is 0 Å². The number of nitrogens with zero attached hydrogens (tertiary/aromatic N) is 2. The molecule has 27 heavy (non-hydrogen) atoms. The Labute approximate surface area is 148 Å². The zero-order chi connectivity index (χ0) is 20.5. The smallest absolute Gasteiger partial charge is 0.263 e. The minimum Gasteiger partial charge on any atom is -0.263 e. The lowest BCUT2D eigenvalue weighted by molar-refractivity contribution is -0.145. The molecule has 0 aromatic heterocycles. The summed E-state index contributed by atoms with van der Waals surface area (Å²) in [7, 11) is 0. The summed E-state index contributed by atoms with van der Waals surface area (Å²) >= 11 is 0. The predicted molar refractivity (Wildman–Crippen MR) is 83.8 cm³/mol. The van der Waals surface area contributed by atoms with Crippen molar-refractivity contribution >= 4 is 23.5 Å². The molecule has 0 aliphatic rings. The second-order valence-corrected chi connectivity index (χ2v) is 4.61. The van der Waals surface area contributed by atoms with E-state index in [9.17, 15) is 31.1 Å². The third-order valence-corrected chi connectivity index (χ3v) is 2.65. The number of urea groups is 1. The number of hydrogen-bond donors (Lipinski definition) is 1. The summed E-state index contributed by atoms with van der Waals surface area (Å²) in [5, 5.41) is 1.00. The lowest BCUT2D eigenvalue weighted by Gasteiger charge is -2.24. The van der Waals surface area contributed by atoms with Crippen molar-refractivity contribution in [2.24, 2.45) is 4.99 Å². The highest BCUT2D eigenvalue weighted by atomic mass is 19.4. The van der Waals surface area contributed by atoms with Crippen LogP contribution in [0.4, 0.5) is 42.5 Å². The van der Waals surface area contributed by atoms with Crippen molar-refractivity contribution in [1.82, 2.24) is 5.32 Å². The normalized spacial score (nSPS) is 10.7. The van der Waals surface area contributed by atoms with Gasteiger partial charge in [0.15, 0.2) is 0 Å². The fourth-order valence-corrected chi connectivity index (χ4v) is 1.77. The molecule has 0 bridgehead atoms. The average Bonchev–Trinajstić information content (AvgIpc) is 2.55. The minimum atomic E-state index is -4.78. The molecule has 2 aromatic carbocycles. The highest BCUT2D eigenvalue weighted by Crippen LogP contribution is 2.26. The van der Waals surface area contributed by atoms with E-state index >= 15 is 0 Å². The first kappa shape index (κ1) is 21.7. The molecule has 2 rings (SSSR count). The van der Waals surface area contributed by atoms with Crippen molar-refractivity contribution in [2.75, 3.05) is 4.90 Å². The molecule has 0 aliphatic heterocycles. The predicted octanol–water partition coefficient (Wildman–Crippen LogP) is 4.90. The number of hydrogen-bond acceptors (Lipinski definition) is 3. The molecule has 2 aromatic rings. The largest absolute Gasteiger partial charge is 0.513 e. The topological polar surface area (TPSA) is 61.8 Å². The molecule has 0 heterocycles. The third kappa shape index (κ3) is 8.54. The van der Waals surface area contributed by atoms with Crippen LogP contribution in [0.25, 0.3) is 0 Å². The molecule has 0 saturated heterocycles. The van der Waals surface area contributed by atoms with Crippen molar-refractivity contribution in [1.29, 1.82) is 0 Å². The van der Waals surface area contributed by atoms with E-state index in [1.807, 2.05) is 0 Å². The van der Waals surface area contributed by atoms with Gasteiger partial charge in [0, 0.05) is 0 Å². The van der Waals surface area contributed by atoms with Crippen molar-refractivity contribution in [2.45, 2.75) is 12.6 Å². The van der Waals surface area contributed by atoms with Gasteiger partial charge in [0.25, 0.3) is 0 Å². The first-order chi connectivity index (χ1) is 12.5. The molecular weight excluding hydrogens is 380 g/mol. The van der Waals surface area contributed by atoms with Crippen molar-refractivity contribution in [3.63, 3.8) is 0 Å². The number of alkyl halides is 6. The van der Waals surface area contributed by atoms with E-state index in [0.717, 1.165) is 10.2 Å². The zero-order valence-corrected chi connectivity index (χ0v) is 13.3. The fraction of sp³-hybridized carbons (Fsp3) is 0.125. The molecule has 0 saturated carbocycles. The number of nitrogens with one attached hydrogen (secondary N) is 1. The zero-order valence-electron chi connectivity index (χ0n) is 13.3. The van der Waals surface area contributed by atoms with Gasteiger partial charge in [0.05, 0.1) is 11.4 Å². The second kappa shape index (κ2) is 9.39. The summed E-state index contributed by atoms with van der Waals surface area (Å²) in [5.74, 6) is 0. The molecule has 0 fully saturated rings. The van der Waals surface area contributed by atoms with E-state index in [2.05, 4.69) is 0 Å². The molecule has 2 amide bonds. The monoisotopic (exact) mass is 391 g/mol. The number of aliphatic imine (C=N–C) groups is 1. The van der Waals surface area contributed by atoms with Crippen LogP contribution in [-0.4, -0.2) is 24.7 Å². The highest BCUT2D eigenvalue weighted by Gasteiger charge is 2.33. The van der Waals surface area contributed by atoms with Gasteiger partial charge in [-0.3, -0.25) is 4.90 Å². The van der Waals surface area contributed by atoms with Crippen molar-refractivity contribution < 1.29 is 35.9 Å². The number of benzene rings is 2. The molecule has 144 valence electrons. The standard InChI is InChI=1S/C14H11F3N2O.C2F3NO/c15-14(16,17)18-13(20)19(11-7-3-1-4-8-11)12-9-5-2-6-10-12;3-2(4,5)6-1-7/h1-10H,(H,18,20);. The van der Waals surface area contributed by atoms with Gasteiger partial charge in [-0.2, -0.15) is 13.2 Å². The van der Waals surface area contributed by atoms with Crippen LogP contribution >= 0.6 is 0 Å². The van der Waals surface area contributed by atoms with E-state index in [0.29, 0.717) is 17.5 Å². The Hall–Kier alpha value is -3.33. The van der Waals surface area contributed by atoms with Crippen LogP contribution < -0.4 is 10.2 Å². The van der Waals surface area contributed by atoms with Gasteiger partial charge >= 0.3 is 18.6 Å². The highest BCUT2D eigenvalue weighted by molar-refractivity contribution is 5.99. The molecule has 0 unspecified atom stereocenters. The van der Waals surface area contributed by atoms with Crippen molar-refractivity contribution in [3.05, 3.63) is 60.7 Å². The van der Waals surface area contributed by atoms with Crippen LogP contribution in [0.3, 0.4) is 0 Å². The molecule has 0 atom stereocenters. The maximum absolute atomic E-state index is 12.3. The number of carbonyl (C=O) groups excluding carboxylic acids is 2. The number of amides is 2. The Kier molecular flexibility index (Phi) is 7.55. The summed E-state index contributed by atoms with van der Waals surface area (Å²) in [6, 6.07) is 15.0. The second-order valence-electron chi connectivity index (χ2n) is 4.61. The number of carbonyl (C=O) groups is 1. The SMILES string of the molecule is O=C(NC(F)(F)F)N(c1ccccc1)c1ccccc1.O=C=NC(F)(F)F. The van der Waals surface area contributed by atoms with E-state index in [1.54, 1.807) is 60.7 Å². The molecule has 5 nitrogen and oxygen atoms in total. The minimum absolute atomic E-state index is 0.348. The molecular formula is C16H11F6N3O2. The van der Waals surface area contributed by atoms with Crippen LogP contribution in [0.2, 0.25) is 0 Å². The molecule has 1 N–H and O–H groups in total. The van der Waals surface area contributed by atoms with Gasteiger partial charge in [-0.15, -0.1) is 18.2 Å². The quantitative estimate of drug-likeness (QED) is 0.343. The van der Waals surface area contributed by atoms with E-state index in [-0.39, 0.29) is 0 Å². The van der Waals surface area contributed by atoms with E-state index in [1.165, 1.54) is 4.99 Å². The van der Waals surface area contributed by atoms with Crippen LogP contribution in [-0.2, 0) is 4.79 Å². The van der Waals surface area contributed by atoms with E-state index in [4.69, 9.17) is 4.79 Å². The van der Waals surface area contributed by atoms with Gasteiger partial charge in [0.2, 0.25) is 6.08 Å². The fourth-order valence-electron chi connectivity index (χ4n) is 1.77. The summed E-state index contributed by atoms with van der Waals surface area (Å²) in [5.41, 5.74) is 0.695. The Balaban J connectivity index is 0.000000445. The number of anilines is 2. The average molecular weight is 391 g/mol. The Bertz CT molecular complexity index is 733.